The number of nitrogens with zero attached hydrogens (tertiary/aromatic N) is 1. The van der Waals surface area contributed by atoms with Crippen LogP contribution in [0.25, 0.3) is 0 Å². The van der Waals surface area contributed by atoms with Crippen LogP contribution in [0.15, 0.2) is 17.5 Å². The van der Waals surface area contributed by atoms with Crippen LogP contribution in [0.3, 0.4) is 0 Å². The van der Waals surface area contributed by atoms with E-state index in [1.54, 1.807) is 0 Å². The van der Waals surface area contributed by atoms with Gasteiger partial charge < -0.3 is 10.2 Å². The maximum atomic E-state index is 3.58. The fourth-order valence-electron chi connectivity index (χ4n) is 2.98. The molecule has 0 aromatic carbocycles. The summed E-state index contributed by atoms with van der Waals surface area (Å²) in [4.78, 5) is 4.13. The molecule has 1 fully saturated rings. The third kappa shape index (κ3) is 4.04. The maximum absolute atomic E-state index is 3.58. The van der Waals surface area contributed by atoms with Crippen molar-refractivity contribution in [3.8, 4) is 0 Å². The molecule has 3 heteroatoms. The molecule has 0 bridgehead atoms. The first kappa shape index (κ1) is 15.0. The summed E-state index contributed by atoms with van der Waals surface area (Å²) >= 11 is 1.88. The van der Waals surface area contributed by atoms with Crippen molar-refractivity contribution in [1.29, 1.82) is 0 Å². The lowest BCUT2D eigenvalue weighted by atomic mass is 9.78. The van der Waals surface area contributed by atoms with Crippen molar-refractivity contribution in [2.75, 3.05) is 20.1 Å². The predicted octanol–water partition coefficient (Wildman–Crippen LogP) is 3.39. The lowest BCUT2D eigenvalue weighted by Gasteiger charge is -2.45. The molecule has 0 radical (unpaired) electrons. The van der Waals surface area contributed by atoms with Crippen LogP contribution in [0, 0.1) is 5.92 Å². The third-order valence-corrected chi connectivity index (χ3v) is 5.40. The second-order valence-corrected chi connectivity index (χ2v) is 6.94. The lowest BCUT2D eigenvalue weighted by Crippen LogP contribution is -2.52. The fraction of sp³-hybridized carbons (Fsp3) is 0.750. The monoisotopic (exact) mass is 280 g/mol. The quantitative estimate of drug-likeness (QED) is 0.734. The molecule has 0 amide bonds. The van der Waals surface area contributed by atoms with Crippen molar-refractivity contribution in [2.24, 2.45) is 5.92 Å². The summed E-state index contributed by atoms with van der Waals surface area (Å²) in [7, 11) is 2.31. The average molecular weight is 280 g/mol. The van der Waals surface area contributed by atoms with E-state index in [1.165, 1.54) is 37.1 Å². The van der Waals surface area contributed by atoms with Crippen LogP contribution in [0.2, 0.25) is 0 Å². The molecule has 1 N–H and O–H groups in total. The zero-order valence-corrected chi connectivity index (χ0v) is 13.4. The molecule has 1 aliphatic rings. The molecule has 19 heavy (non-hydrogen) atoms. The van der Waals surface area contributed by atoms with Crippen molar-refractivity contribution < 1.29 is 0 Å². The minimum absolute atomic E-state index is 0.651. The normalized spacial score (nSPS) is 24.4. The molecule has 1 aromatic rings. The zero-order chi connectivity index (χ0) is 13.7. The minimum Gasteiger partial charge on any atom is -0.316 e. The summed E-state index contributed by atoms with van der Waals surface area (Å²) in [5.74, 6) is 0.863. The van der Waals surface area contributed by atoms with Crippen LogP contribution in [-0.4, -0.2) is 37.1 Å². The van der Waals surface area contributed by atoms with Gasteiger partial charge in [-0.3, -0.25) is 0 Å². The highest BCUT2D eigenvalue weighted by molar-refractivity contribution is 7.09. The Kier molecular flexibility index (Phi) is 5.86. The van der Waals surface area contributed by atoms with Gasteiger partial charge in [-0.05, 0) is 70.1 Å². The van der Waals surface area contributed by atoms with E-state index in [1.807, 2.05) is 11.3 Å². The molecule has 3 atom stereocenters. The fourth-order valence-corrected chi connectivity index (χ4v) is 3.81. The molecule has 108 valence electrons. The Balaban J connectivity index is 1.77. The summed E-state index contributed by atoms with van der Waals surface area (Å²) in [6, 6.07) is 5.86. The van der Waals surface area contributed by atoms with Gasteiger partial charge in [0.05, 0.1) is 0 Å². The van der Waals surface area contributed by atoms with Crippen molar-refractivity contribution >= 4 is 11.3 Å². The van der Waals surface area contributed by atoms with Gasteiger partial charge >= 0.3 is 0 Å². The minimum atomic E-state index is 0.651. The second kappa shape index (κ2) is 7.41. The van der Waals surface area contributed by atoms with Crippen LogP contribution < -0.4 is 5.32 Å². The first-order chi connectivity index (χ1) is 9.22. The molecule has 1 aromatic heterocycles. The maximum Gasteiger partial charge on any atom is 0.0136 e. The van der Waals surface area contributed by atoms with Crippen LogP contribution in [0.1, 0.15) is 38.0 Å². The number of likely N-dealkylation sites (N-methyl/N-ethyl adjacent to an activating group) is 1. The zero-order valence-electron chi connectivity index (χ0n) is 12.6. The van der Waals surface area contributed by atoms with Gasteiger partial charge in [-0.2, -0.15) is 0 Å². The summed E-state index contributed by atoms with van der Waals surface area (Å²) in [5, 5.41) is 5.77. The highest BCUT2D eigenvalue weighted by Gasteiger charge is 2.35. The number of hydrogen-bond donors (Lipinski definition) is 1. The summed E-state index contributed by atoms with van der Waals surface area (Å²) in [5.41, 5.74) is 0. The Morgan fingerprint density at radius 2 is 2.32 bits per heavy atom. The van der Waals surface area contributed by atoms with E-state index in [9.17, 15) is 0 Å². The molecule has 0 aliphatic heterocycles. The van der Waals surface area contributed by atoms with E-state index in [4.69, 9.17) is 0 Å². The summed E-state index contributed by atoms with van der Waals surface area (Å²) in [6.45, 7) is 6.97. The van der Waals surface area contributed by atoms with Gasteiger partial charge in [-0.15, -0.1) is 11.3 Å². The summed E-state index contributed by atoms with van der Waals surface area (Å²) in [6.07, 6.45) is 5.21. The van der Waals surface area contributed by atoms with E-state index in [0.29, 0.717) is 6.04 Å². The second-order valence-electron chi connectivity index (χ2n) is 5.91. The van der Waals surface area contributed by atoms with Crippen LogP contribution in [-0.2, 0) is 6.42 Å². The lowest BCUT2D eigenvalue weighted by molar-refractivity contribution is 0.0556. The van der Waals surface area contributed by atoms with Gasteiger partial charge in [0.2, 0.25) is 0 Å². The number of nitrogens with one attached hydrogen (secondary N) is 1. The van der Waals surface area contributed by atoms with Crippen molar-refractivity contribution in [3.63, 3.8) is 0 Å². The van der Waals surface area contributed by atoms with Gasteiger partial charge in [-0.25, -0.2) is 0 Å². The molecule has 1 heterocycles. The van der Waals surface area contributed by atoms with Gasteiger partial charge in [0.15, 0.2) is 0 Å². The van der Waals surface area contributed by atoms with E-state index in [2.05, 4.69) is 48.6 Å². The standard InChI is InChI=1S/C16H28N2S/c1-4-9-17-12-14-7-8-16(14)18(3)13(2)11-15-6-5-10-19-15/h5-6,10,13-14,16-17H,4,7-9,11-12H2,1-3H3. The average Bonchev–Trinajstić information content (AvgIpc) is 2.86. The number of rotatable bonds is 8. The van der Waals surface area contributed by atoms with Gasteiger partial charge in [0.25, 0.3) is 0 Å². The van der Waals surface area contributed by atoms with E-state index < -0.39 is 0 Å². The van der Waals surface area contributed by atoms with Gasteiger partial charge in [-0.1, -0.05) is 13.0 Å². The van der Waals surface area contributed by atoms with Crippen molar-refractivity contribution in [2.45, 2.75) is 51.6 Å². The smallest absolute Gasteiger partial charge is 0.0136 e. The Morgan fingerprint density at radius 1 is 1.47 bits per heavy atom. The third-order valence-electron chi connectivity index (χ3n) is 4.51. The Morgan fingerprint density at radius 3 is 2.89 bits per heavy atom. The largest absolute Gasteiger partial charge is 0.316 e. The Labute approximate surface area is 122 Å². The topological polar surface area (TPSA) is 15.3 Å². The molecule has 1 aliphatic carbocycles. The van der Waals surface area contributed by atoms with E-state index in [-0.39, 0.29) is 0 Å². The molecular formula is C16H28N2S. The molecule has 3 unspecified atom stereocenters. The van der Waals surface area contributed by atoms with Crippen molar-refractivity contribution in [3.05, 3.63) is 22.4 Å². The predicted molar refractivity (Wildman–Crippen MR) is 84.9 cm³/mol. The highest BCUT2D eigenvalue weighted by atomic mass is 32.1. The molecule has 0 spiro atoms. The van der Waals surface area contributed by atoms with E-state index >= 15 is 0 Å². The molecular weight excluding hydrogens is 252 g/mol. The van der Waals surface area contributed by atoms with Crippen LogP contribution in [0.5, 0.6) is 0 Å². The highest BCUT2D eigenvalue weighted by Crippen LogP contribution is 2.32. The van der Waals surface area contributed by atoms with E-state index in [0.717, 1.165) is 18.5 Å². The molecule has 0 saturated heterocycles. The first-order valence-corrected chi connectivity index (χ1v) is 8.55. The number of thiophene rings is 1. The molecule has 1 saturated carbocycles. The van der Waals surface area contributed by atoms with Crippen LogP contribution in [0.4, 0.5) is 0 Å². The number of hydrogen-bond acceptors (Lipinski definition) is 3. The Hall–Kier alpha value is -0.380. The summed E-state index contributed by atoms with van der Waals surface area (Å²) < 4.78 is 0. The molecule has 2 rings (SSSR count). The Bertz CT molecular complexity index is 350. The van der Waals surface area contributed by atoms with Crippen molar-refractivity contribution in [1.82, 2.24) is 10.2 Å². The van der Waals surface area contributed by atoms with Gasteiger partial charge in [0.1, 0.15) is 0 Å². The molecule has 2 nitrogen and oxygen atoms in total. The SMILES string of the molecule is CCCNCC1CCC1N(C)C(C)Cc1cccs1. The van der Waals surface area contributed by atoms with Crippen LogP contribution >= 0.6 is 11.3 Å². The van der Waals surface area contributed by atoms with Gasteiger partial charge in [0, 0.05) is 17.0 Å². The first-order valence-electron chi connectivity index (χ1n) is 7.67.